The summed E-state index contributed by atoms with van der Waals surface area (Å²) >= 11 is 0. The Kier molecular flexibility index (Phi) is 5.84. The van der Waals surface area contributed by atoms with Crippen molar-refractivity contribution in [3.63, 3.8) is 0 Å². The third-order valence-corrected chi connectivity index (χ3v) is 3.73. The zero-order chi connectivity index (χ0) is 19.1. The van der Waals surface area contributed by atoms with E-state index in [1.807, 2.05) is 0 Å². The van der Waals surface area contributed by atoms with Crippen LogP contribution in [0.15, 0.2) is 67.0 Å². The van der Waals surface area contributed by atoms with E-state index in [2.05, 4.69) is 20.3 Å². The molecule has 0 amide bonds. The van der Waals surface area contributed by atoms with E-state index in [9.17, 15) is 4.39 Å². The summed E-state index contributed by atoms with van der Waals surface area (Å²) < 4.78 is 19.0. The molecule has 0 aliphatic rings. The van der Waals surface area contributed by atoms with Crippen molar-refractivity contribution in [2.75, 3.05) is 7.11 Å². The molecule has 6 nitrogen and oxygen atoms in total. The highest BCUT2D eigenvalue weighted by Gasteiger charge is 2.10. The molecule has 1 aromatic carbocycles. The molecule has 7 heteroatoms. The van der Waals surface area contributed by atoms with Crippen LogP contribution < -0.4 is 10.1 Å². The fourth-order valence-corrected chi connectivity index (χ4v) is 2.36. The first-order chi connectivity index (χ1) is 13.2. The van der Waals surface area contributed by atoms with Crippen molar-refractivity contribution in [3.05, 3.63) is 89.9 Å². The van der Waals surface area contributed by atoms with Gasteiger partial charge in [-0.1, -0.05) is 24.3 Å². The van der Waals surface area contributed by atoms with Crippen molar-refractivity contribution in [2.45, 2.75) is 6.54 Å². The topological polar surface area (TPSA) is 83.8 Å². The number of methoxy groups -OCH3 is 1. The number of pyridine rings is 1. The maximum absolute atomic E-state index is 13.9. The monoisotopic (exact) mass is 363 g/mol. The fourth-order valence-electron chi connectivity index (χ4n) is 2.36. The van der Waals surface area contributed by atoms with E-state index in [0.717, 1.165) is 0 Å². The van der Waals surface area contributed by atoms with Gasteiger partial charge in [-0.3, -0.25) is 5.41 Å². The molecule has 27 heavy (non-hydrogen) atoms. The van der Waals surface area contributed by atoms with E-state index in [1.54, 1.807) is 60.9 Å². The molecule has 0 bridgehead atoms. The third kappa shape index (κ3) is 4.72. The van der Waals surface area contributed by atoms with Gasteiger partial charge in [-0.15, -0.1) is 0 Å². The van der Waals surface area contributed by atoms with Crippen LogP contribution in [0.4, 0.5) is 4.39 Å². The Morgan fingerprint density at radius 3 is 2.63 bits per heavy atom. The summed E-state index contributed by atoms with van der Waals surface area (Å²) in [6.45, 7) is 0.232. The van der Waals surface area contributed by atoms with Gasteiger partial charge in [0, 0.05) is 30.6 Å². The summed E-state index contributed by atoms with van der Waals surface area (Å²) in [5.74, 6) is 0.520. The van der Waals surface area contributed by atoms with Crippen LogP contribution in [0, 0.1) is 11.2 Å². The van der Waals surface area contributed by atoms with Gasteiger partial charge in [0.15, 0.2) is 5.82 Å². The molecule has 2 N–H and O–H groups in total. The van der Waals surface area contributed by atoms with Crippen molar-refractivity contribution in [2.24, 2.45) is 0 Å². The summed E-state index contributed by atoms with van der Waals surface area (Å²) in [5.41, 5.74) is 1.59. The first-order valence-electron chi connectivity index (χ1n) is 8.23. The van der Waals surface area contributed by atoms with Crippen molar-refractivity contribution >= 4 is 11.4 Å². The minimum Gasteiger partial charge on any atom is -0.481 e. The zero-order valence-corrected chi connectivity index (χ0v) is 14.7. The average molecular weight is 363 g/mol. The highest BCUT2D eigenvalue weighted by atomic mass is 19.1. The normalized spacial score (nSPS) is 11.1. The highest BCUT2D eigenvalue weighted by Crippen LogP contribution is 2.13. The van der Waals surface area contributed by atoms with Crippen LogP contribution >= 0.6 is 0 Å². The lowest BCUT2D eigenvalue weighted by Crippen LogP contribution is -2.16. The molecule has 0 saturated heterocycles. The fraction of sp³-hybridized carbons (Fsp3) is 0.100. The predicted molar refractivity (Wildman–Crippen MR) is 101 cm³/mol. The smallest absolute Gasteiger partial charge is 0.213 e. The number of hydrogen-bond acceptors (Lipinski definition) is 6. The molecular formula is C20H18FN5O. The number of benzene rings is 1. The van der Waals surface area contributed by atoms with Crippen molar-refractivity contribution < 1.29 is 9.13 Å². The van der Waals surface area contributed by atoms with Crippen molar-refractivity contribution in [3.8, 4) is 5.88 Å². The van der Waals surface area contributed by atoms with Crippen LogP contribution in [0.2, 0.25) is 0 Å². The quantitative estimate of drug-likeness (QED) is 0.630. The zero-order valence-electron chi connectivity index (χ0n) is 14.7. The molecule has 0 spiro atoms. The average Bonchev–Trinajstić information content (AvgIpc) is 2.72. The first kappa shape index (κ1) is 18.2. The second-order valence-corrected chi connectivity index (χ2v) is 5.55. The van der Waals surface area contributed by atoms with Gasteiger partial charge in [0.25, 0.3) is 0 Å². The Bertz CT molecular complexity index is 959. The van der Waals surface area contributed by atoms with Gasteiger partial charge in [0.2, 0.25) is 5.88 Å². The van der Waals surface area contributed by atoms with Crippen LogP contribution in [-0.2, 0) is 6.54 Å². The number of aromatic nitrogens is 3. The van der Waals surface area contributed by atoms with E-state index in [0.29, 0.717) is 28.7 Å². The second kappa shape index (κ2) is 8.66. The van der Waals surface area contributed by atoms with Gasteiger partial charge in [0.05, 0.1) is 24.2 Å². The minimum absolute atomic E-state index is 0.150. The predicted octanol–water partition coefficient (Wildman–Crippen LogP) is 3.22. The third-order valence-electron chi connectivity index (χ3n) is 3.73. The molecule has 0 atom stereocenters. The summed E-state index contributed by atoms with van der Waals surface area (Å²) in [6, 6.07) is 13.4. The molecule has 3 aromatic rings. The molecule has 0 fully saturated rings. The molecule has 0 aliphatic heterocycles. The van der Waals surface area contributed by atoms with Gasteiger partial charge in [-0.05, 0) is 24.3 Å². The van der Waals surface area contributed by atoms with Gasteiger partial charge < -0.3 is 10.1 Å². The Morgan fingerprint density at radius 1 is 1.11 bits per heavy atom. The number of allylic oxidation sites excluding steroid dienone is 1. The molecule has 0 saturated carbocycles. The molecule has 0 unspecified atom stereocenters. The molecule has 3 rings (SSSR count). The summed E-state index contributed by atoms with van der Waals surface area (Å²) in [6.07, 6.45) is 4.78. The van der Waals surface area contributed by atoms with Crippen LogP contribution in [0.3, 0.4) is 0 Å². The molecule has 136 valence electrons. The van der Waals surface area contributed by atoms with E-state index in [-0.39, 0.29) is 18.1 Å². The van der Waals surface area contributed by atoms with Crippen LogP contribution in [0.25, 0.3) is 5.70 Å². The van der Waals surface area contributed by atoms with Gasteiger partial charge >= 0.3 is 0 Å². The molecular weight excluding hydrogens is 345 g/mol. The summed E-state index contributed by atoms with van der Waals surface area (Å²) in [5, 5.41) is 11.5. The van der Waals surface area contributed by atoms with Crippen molar-refractivity contribution in [1.82, 2.24) is 20.3 Å². The lowest BCUT2D eigenvalue weighted by atomic mass is 10.1. The molecule has 0 radical (unpaired) electrons. The summed E-state index contributed by atoms with van der Waals surface area (Å²) in [4.78, 5) is 12.7. The molecule has 2 aromatic heterocycles. The SMILES string of the molecule is COc1cccc(C(=N)/C=C(\NCc2ccccc2F)c2ncccn2)n1. The lowest BCUT2D eigenvalue weighted by Gasteiger charge is -2.11. The molecule has 0 aliphatic carbocycles. The van der Waals surface area contributed by atoms with E-state index < -0.39 is 0 Å². The van der Waals surface area contributed by atoms with E-state index in [4.69, 9.17) is 10.1 Å². The van der Waals surface area contributed by atoms with Crippen LogP contribution in [0.5, 0.6) is 5.88 Å². The van der Waals surface area contributed by atoms with Gasteiger partial charge in [-0.2, -0.15) is 0 Å². The molecule has 2 heterocycles. The maximum Gasteiger partial charge on any atom is 0.213 e. The number of nitrogens with one attached hydrogen (secondary N) is 2. The first-order valence-corrected chi connectivity index (χ1v) is 8.23. The van der Waals surface area contributed by atoms with Gasteiger partial charge in [0.1, 0.15) is 5.82 Å². The second-order valence-electron chi connectivity index (χ2n) is 5.55. The number of rotatable bonds is 7. The Labute approximate surface area is 156 Å². The lowest BCUT2D eigenvalue weighted by molar-refractivity contribution is 0.397. The highest BCUT2D eigenvalue weighted by molar-refractivity contribution is 6.08. The standard InChI is InChI=1S/C20H18FN5O/c1-27-19-9-4-8-17(26-19)16(22)12-18(20-23-10-5-11-24-20)25-13-14-6-2-3-7-15(14)21/h2-12,22,25H,13H2,1H3/b18-12-,22-16?. The Morgan fingerprint density at radius 2 is 1.89 bits per heavy atom. The Hall–Kier alpha value is -3.61. The number of ether oxygens (including phenoxy) is 1. The maximum atomic E-state index is 13.9. The summed E-state index contributed by atoms with van der Waals surface area (Å²) in [7, 11) is 1.52. The minimum atomic E-state index is -0.303. The number of halogens is 1. The van der Waals surface area contributed by atoms with Crippen LogP contribution in [-0.4, -0.2) is 27.8 Å². The van der Waals surface area contributed by atoms with Crippen LogP contribution in [0.1, 0.15) is 17.1 Å². The Balaban J connectivity index is 1.88. The largest absolute Gasteiger partial charge is 0.481 e. The number of hydrogen-bond donors (Lipinski definition) is 2. The van der Waals surface area contributed by atoms with E-state index >= 15 is 0 Å². The van der Waals surface area contributed by atoms with Crippen molar-refractivity contribution in [1.29, 1.82) is 5.41 Å². The van der Waals surface area contributed by atoms with Gasteiger partial charge in [-0.25, -0.2) is 19.3 Å². The van der Waals surface area contributed by atoms with E-state index in [1.165, 1.54) is 13.2 Å². The number of nitrogens with zero attached hydrogens (tertiary/aromatic N) is 3.